The fourth-order valence-electron chi connectivity index (χ4n) is 9.14. The summed E-state index contributed by atoms with van der Waals surface area (Å²) < 4.78 is 9.02. The van der Waals surface area contributed by atoms with Gasteiger partial charge < -0.3 is 14.5 Å². The lowest BCUT2D eigenvalue weighted by Gasteiger charge is -2.33. The predicted molar refractivity (Wildman–Crippen MR) is 260 cm³/mol. The molecule has 0 fully saturated rings. The maximum atomic E-state index is 7.10. The molecule has 5 nitrogen and oxygen atoms in total. The monoisotopic (exact) mass is 812 g/mol. The molecule has 2 heterocycles. The van der Waals surface area contributed by atoms with E-state index in [1.807, 2.05) is 29.1 Å². The van der Waals surface area contributed by atoms with Crippen molar-refractivity contribution in [2.45, 2.75) is 73.1 Å². The molecule has 5 heteroatoms. The van der Waals surface area contributed by atoms with E-state index < -0.39 is 0 Å². The molecule has 0 bridgehead atoms. The van der Waals surface area contributed by atoms with Crippen molar-refractivity contribution < 1.29 is 4.74 Å². The van der Waals surface area contributed by atoms with E-state index in [0.717, 1.165) is 45.3 Å². The van der Waals surface area contributed by atoms with E-state index in [0.29, 0.717) is 6.67 Å². The van der Waals surface area contributed by atoms with Gasteiger partial charge in [0.1, 0.15) is 18.2 Å². The summed E-state index contributed by atoms with van der Waals surface area (Å²) in [6.45, 7) is 21.1. The van der Waals surface area contributed by atoms with E-state index in [9.17, 15) is 0 Å². The van der Waals surface area contributed by atoms with Gasteiger partial charge in [0.05, 0.1) is 28.9 Å². The van der Waals surface area contributed by atoms with Crippen LogP contribution in [0.15, 0.2) is 164 Å². The normalized spacial score (nSPS) is 12.8. The lowest BCUT2D eigenvalue weighted by molar-refractivity contribution is 0.453. The molecular formula is C57H56N4O. The first kappa shape index (κ1) is 40.6. The first-order valence-electron chi connectivity index (χ1n) is 21.7. The van der Waals surface area contributed by atoms with E-state index in [4.69, 9.17) is 9.84 Å². The molecule has 0 atom stereocenters. The summed E-state index contributed by atoms with van der Waals surface area (Å²) in [5, 5.41) is 4.75. The zero-order valence-electron chi connectivity index (χ0n) is 37.5. The quantitative estimate of drug-likeness (QED) is 0.153. The molecule has 0 unspecified atom stereocenters. The van der Waals surface area contributed by atoms with Crippen molar-refractivity contribution in [1.82, 2.24) is 9.78 Å². The molecule has 0 spiro atoms. The molecule has 1 aliphatic heterocycles. The summed E-state index contributed by atoms with van der Waals surface area (Å²) in [5.41, 5.74) is 18.5. The summed E-state index contributed by atoms with van der Waals surface area (Å²) >= 11 is 0. The second kappa shape index (κ2) is 15.9. The fraction of sp³-hybridized carbons (Fsp3) is 0.211. The molecule has 0 amide bonds. The number of aryl methyl sites for hydroxylation is 3. The van der Waals surface area contributed by atoms with E-state index in [-0.39, 0.29) is 10.8 Å². The Labute approximate surface area is 367 Å². The molecule has 0 N–H and O–H groups in total. The van der Waals surface area contributed by atoms with Crippen LogP contribution in [-0.4, -0.2) is 16.4 Å². The Kier molecular flexibility index (Phi) is 10.4. The molecule has 1 aromatic heterocycles. The van der Waals surface area contributed by atoms with Crippen molar-refractivity contribution in [2.24, 2.45) is 0 Å². The van der Waals surface area contributed by atoms with Crippen molar-refractivity contribution in [2.75, 3.05) is 16.5 Å². The van der Waals surface area contributed by atoms with Crippen molar-refractivity contribution in [3.05, 3.63) is 192 Å². The Bertz CT molecular complexity index is 2880. The average molecular weight is 813 g/mol. The van der Waals surface area contributed by atoms with Crippen LogP contribution in [0.25, 0.3) is 39.1 Å². The van der Waals surface area contributed by atoms with Crippen LogP contribution in [0.2, 0.25) is 0 Å². The molecule has 9 rings (SSSR count). The van der Waals surface area contributed by atoms with E-state index in [1.54, 1.807) is 0 Å². The SMILES string of the molecule is Cc1cc(C)c(N2CN(c3cc(Oc4cccc(-n5cc(-c6ccccc6)cn5)c4)c(C(C)(C)C)cc3C(C)(C)C)c3cc(-c4ccccc4)c(-c4ccccc4)cc32)c(C)c1. The third-order valence-electron chi connectivity index (χ3n) is 12.1. The molecule has 0 aliphatic carbocycles. The second-order valence-corrected chi connectivity index (χ2v) is 18.9. The van der Waals surface area contributed by atoms with Gasteiger partial charge in [-0.1, -0.05) is 156 Å². The average Bonchev–Trinajstić information content (AvgIpc) is 3.89. The van der Waals surface area contributed by atoms with Gasteiger partial charge in [-0.2, -0.15) is 5.10 Å². The Morgan fingerprint density at radius 3 is 1.61 bits per heavy atom. The maximum Gasteiger partial charge on any atom is 0.133 e. The number of anilines is 4. The first-order chi connectivity index (χ1) is 29.7. The first-order valence-corrected chi connectivity index (χ1v) is 21.7. The Balaban J connectivity index is 1.23. The molecule has 0 radical (unpaired) electrons. The van der Waals surface area contributed by atoms with Gasteiger partial charge in [-0.3, -0.25) is 0 Å². The van der Waals surface area contributed by atoms with Crippen LogP contribution < -0.4 is 14.5 Å². The van der Waals surface area contributed by atoms with Gasteiger partial charge in [-0.15, -0.1) is 0 Å². The van der Waals surface area contributed by atoms with Crippen LogP contribution in [-0.2, 0) is 10.8 Å². The highest BCUT2D eigenvalue weighted by molar-refractivity contribution is 5.98. The van der Waals surface area contributed by atoms with Gasteiger partial charge in [0, 0.05) is 35.1 Å². The highest BCUT2D eigenvalue weighted by atomic mass is 16.5. The molecule has 0 saturated heterocycles. The van der Waals surface area contributed by atoms with Crippen LogP contribution in [0.1, 0.15) is 69.4 Å². The molecule has 310 valence electrons. The third-order valence-corrected chi connectivity index (χ3v) is 12.1. The summed E-state index contributed by atoms with van der Waals surface area (Å²) in [4.78, 5) is 5.06. The summed E-state index contributed by atoms with van der Waals surface area (Å²) in [6.07, 6.45) is 3.99. The number of benzene rings is 7. The number of hydrogen-bond donors (Lipinski definition) is 0. The van der Waals surface area contributed by atoms with Crippen LogP contribution in [0.3, 0.4) is 0 Å². The van der Waals surface area contributed by atoms with Crippen LogP contribution >= 0.6 is 0 Å². The minimum absolute atomic E-state index is 0.181. The lowest BCUT2D eigenvalue weighted by Crippen LogP contribution is -2.28. The lowest BCUT2D eigenvalue weighted by atomic mass is 9.79. The Morgan fingerprint density at radius 1 is 0.500 bits per heavy atom. The van der Waals surface area contributed by atoms with Gasteiger partial charge in [-0.25, -0.2) is 4.68 Å². The van der Waals surface area contributed by atoms with Crippen molar-refractivity contribution in [1.29, 1.82) is 0 Å². The molecule has 1 aliphatic rings. The van der Waals surface area contributed by atoms with Gasteiger partial charge in [0.15, 0.2) is 0 Å². The van der Waals surface area contributed by atoms with E-state index >= 15 is 0 Å². The van der Waals surface area contributed by atoms with Crippen LogP contribution in [0.5, 0.6) is 11.5 Å². The largest absolute Gasteiger partial charge is 0.457 e. The Morgan fingerprint density at radius 2 is 1.05 bits per heavy atom. The third kappa shape index (κ3) is 7.80. The summed E-state index contributed by atoms with van der Waals surface area (Å²) in [5.74, 6) is 1.60. The van der Waals surface area contributed by atoms with Crippen LogP contribution in [0.4, 0.5) is 22.7 Å². The van der Waals surface area contributed by atoms with Gasteiger partial charge >= 0.3 is 0 Å². The highest BCUT2D eigenvalue weighted by Crippen LogP contribution is 2.53. The van der Waals surface area contributed by atoms with Crippen LogP contribution in [0, 0.1) is 20.8 Å². The summed E-state index contributed by atoms with van der Waals surface area (Å²) in [6, 6.07) is 54.4. The zero-order valence-corrected chi connectivity index (χ0v) is 37.5. The van der Waals surface area contributed by atoms with E-state index in [1.165, 1.54) is 55.9 Å². The second-order valence-electron chi connectivity index (χ2n) is 18.9. The molecule has 0 saturated carbocycles. The number of nitrogens with zero attached hydrogens (tertiary/aromatic N) is 4. The molecular weight excluding hydrogens is 757 g/mol. The van der Waals surface area contributed by atoms with Crippen molar-refractivity contribution >= 4 is 22.7 Å². The standard InChI is InChI=1S/C57H56N4O/c1-38-28-39(2)55(40(3)29-38)60-37-59(52-31-47(42-22-15-11-16-23-42)48(32-53(52)60)43-24-17-12-18-25-43)51-34-54(50(57(7,8)9)33-49(51)56(4,5)6)62-46-27-19-26-45(30-46)61-36-44(35-58-61)41-20-13-10-14-21-41/h10-36H,37H2,1-9H3. The fourth-order valence-corrected chi connectivity index (χ4v) is 9.14. The number of hydrogen-bond acceptors (Lipinski definition) is 4. The van der Waals surface area contributed by atoms with Gasteiger partial charge in [-0.05, 0) is 106 Å². The molecule has 7 aromatic carbocycles. The summed E-state index contributed by atoms with van der Waals surface area (Å²) in [7, 11) is 0. The molecule has 8 aromatic rings. The number of ether oxygens (including phenoxy) is 1. The van der Waals surface area contributed by atoms with Gasteiger partial charge in [0.2, 0.25) is 0 Å². The minimum atomic E-state index is -0.200. The zero-order chi connectivity index (χ0) is 43.3. The number of fused-ring (bicyclic) bond motifs is 1. The number of rotatable bonds is 8. The maximum absolute atomic E-state index is 7.10. The smallest absolute Gasteiger partial charge is 0.133 e. The van der Waals surface area contributed by atoms with Crippen molar-refractivity contribution in [3.63, 3.8) is 0 Å². The van der Waals surface area contributed by atoms with Gasteiger partial charge in [0.25, 0.3) is 0 Å². The predicted octanol–water partition coefficient (Wildman–Crippen LogP) is 15.4. The number of aromatic nitrogens is 2. The topological polar surface area (TPSA) is 33.5 Å². The minimum Gasteiger partial charge on any atom is -0.457 e. The molecule has 62 heavy (non-hydrogen) atoms. The Hall–Kier alpha value is -6.85. The van der Waals surface area contributed by atoms with E-state index in [2.05, 4.69) is 212 Å². The van der Waals surface area contributed by atoms with Crippen molar-refractivity contribution in [3.8, 4) is 50.6 Å². The highest BCUT2D eigenvalue weighted by Gasteiger charge is 2.36.